The Hall–Kier alpha value is -1.61. The molecule has 0 bridgehead atoms. The maximum Gasteiger partial charge on any atom is 0.0933 e. The van der Waals surface area contributed by atoms with Crippen LogP contribution in [0, 0.1) is 0 Å². The Balaban J connectivity index is 2.30. The molecule has 1 aromatic carbocycles. The lowest BCUT2D eigenvalue weighted by molar-refractivity contribution is 0.106. The molecule has 0 aliphatic carbocycles. The van der Waals surface area contributed by atoms with E-state index in [0.717, 1.165) is 16.6 Å². The Morgan fingerprint density at radius 3 is 2.71 bits per heavy atom. The minimum atomic E-state index is 0.161. The Bertz CT molecular complexity index is 493. The van der Waals surface area contributed by atoms with E-state index in [9.17, 15) is 0 Å². The van der Waals surface area contributed by atoms with E-state index in [-0.39, 0.29) is 12.1 Å². The maximum absolute atomic E-state index is 5.31. The first kappa shape index (κ1) is 11.9. The first-order chi connectivity index (χ1) is 8.22. The molecule has 0 aliphatic rings. The lowest BCUT2D eigenvalue weighted by atomic mass is 10.1. The third-order valence-electron chi connectivity index (χ3n) is 3.09. The van der Waals surface area contributed by atoms with Crippen LogP contribution < -0.4 is 5.32 Å². The van der Waals surface area contributed by atoms with Crippen molar-refractivity contribution in [3.05, 3.63) is 36.5 Å². The van der Waals surface area contributed by atoms with Crippen LogP contribution in [0.5, 0.6) is 0 Å². The van der Waals surface area contributed by atoms with Gasteiger partial charge in [-0.25, -0.2) is 0 Å². The number of benzene rings is 1. The number of para-hydroxylation sites is 1. The number of hydrogen-bond acceptors (Lipinski definition) is 3. The smallest absolute Gasteiger partial charge is 0.0933 e. The van der Waals surface area contributed by atoms with Crippen LogP contribution in [0.4, 0.5) is 5.69 Å². The number of pyridine rings is 1. The third-order valence-corrected chi connectivity index (χ3v) is 3.09. The number of nitrogens with zero attached hydrogens (tertiary/aromatic N) is 1. The predicted octanol–water partition coefficient (Wildman–Crippen LogP) is 3.07. The second-order valence-corrected chi connectivity index (χ2v) is 4.25. The van der Waals surface area contributed by atoms with Crippen LogP contribution in [-0.4, -0.2) is 24.2 Å². The highest BCUT2D eigenvalue weighted by Crippen LogP contribution is 2.21. The highest BCUT2D eigenvalue weighted by Gasteiger charge is 2.12. The van der Waals surface area contributed by atoms with Gasteiger partial charge in [-0.15, -0.1) is 0 Å². The highest BCUT2D eigenvalue weighted by atomic mass is 16.5. The number of ether oxygens (including phenoxy) is 1. The van der Waals surface area contributed by atoms with Gasteiger partial charge in [-0.2, -0.15) is 0 Å². The van der Waals surface area contributed by atoms with Gasteiger partial charge in [0.15, 0.2) is 0 Å². The molecule has 2 unspecified atom stereocenters. The van der Waals surface area contributed by atoms with Crippen LogP contribution in [0.3, 0.4) is 0 Å². The molecule has 17 heavy (non-hydrogen) atoms. The van der Waals surface area contributed by atoms with E-state index in [1.165, 1.54) is 0 Å². The zero-order valence-electron chi connectivity index (χ0n) is 10.5. The minimum absolute atomic E-state index is 0.161. The summed E-state index contributed by atoms with van der Waals surface area (Å²) in [5, 5.41) is 4.60. The largest absolute Gasteiger partial charge is 0.380 e. The van der Waals surface area contributed by atoms with E-state index in [1.807, 2.05) is 24.4 Å². The van der Waals surface area contributed by atoms with Gasteiger partial charge in [-0.3, -0.25) is 4.98 Å². The lowest BCUT2D eigenvalue weighted by Crippen LogP contribution is -2.29. The summed E-state index contributed by atoms with van der Waals surface area (Å²) in [4.78, 5) is 4.42. The summed E-state index contributed by atoms with van der Waals surface area (Å²) in [5.74, 6) is 0. The molecule has 2 rings (SSSR count). The molecule has 0 fully saturated rings. The molecule has 0 radical (unpaired) electrons. The zero-order valence-corrected chi connectivity index (χ0v) is 10.5. The van der Waals surface area contributed by atoms with Crippen molar-refractivity contribution in [2.75, 3.05) is 12.4 Å². The molecule has 0 saturated heterocycles. The van der Waals surface area contributed by atoms with Crippen molar-refractivity contribution in [1.29, 1.82) is 0 Å². The minimum Gasteiger partial charge on any atom is -0.380 e. The molecule has 3 heteroatoms. The summed E-state index contributed by atoms with van der Waals surface area (Å²) in [5.41, 5.74) is 2.06. The first-order valence-electron chi connectivity index (χ1n) is 5.85. The average Bonchev–Trinajstić information content (AvgIpc) is 2.38. The number of nitrogens with one attached hydrogen (secondary N) is 1. The van der Waals surface area contributed by atoms with Gasteiger partial charge in [0.05, 0.1) is 17.3 Å². The Morgan fingerprint density at radius 1 is 1.18 bits per heavy atom. The second kappa shape index (κ2) is 5.15. The fourth-order valence-electron chi connectivity index (χ4n) is 1.79. The van der Waals surface area contributed by atoms with E-state index >= 15 is 0 Å². The van der Waals surface area contributed by atoms with Crippen LogP contribution in [0.15, 0.2) is 36.5 Å². The lowest BCUT2D eigenvalue weighted by Gasteiger charge is -2.21. The maximum atomic E-state index is 5.31. The summed E-state index contributed by atoms with van der Waals surface area (Å²) < 4.78 is 5.31. The summed E-state index contributed by atoms with van der Waals surface area (Å²) in [6.07, 6.45) is 1.98. The molecule has 1 aromatic heterocycles. The molecule has 0 aliphatic heterocycles. The van der Waals surface area contributed by atoms with Gasteiger partial charge in [0.1, 0.15) is 0 Å². The topological polar surface area (TPSA) is 34.1 Å². The number of anilines is 1. The SMILES string of the molecule is COC(C)C(C)Nc1cccc2cccnc12. The normalized spacial score (nSPS) is 14.5. The highest BCUT2D eigenvalue weighted by molar-refractivity contribution is 5.90. The van der Waals surface area contributed by atoms with E-state index in [0.29, 0.717) is 0 Å². The van der Waals surface area contributed by atoms with E-state index in [2.05, 4.69) is 36.3 Å². The zero-order chi connectivity index (χ0) is 12.3. The third kappa shape index (κ3) is 2.56. The molecule has 2 aromatic rings. The molecular formula is C14H18N2O. The second-order valence-electron chi connectivity index (χ2n) is 4.25. The van der Waals surface area contributed by atoms with Crippen molar-refractivity contribution in [3.8, 4) is 0 Å². The average molecular weight is 230 g/mol. The standard InChI is InChI=1S/C14H18N2O/c1-10(11(2)17-3)16-13-8-4-6-12-7-5-9-15-14(12)13/h4-11,16H,1-3H3. The van der Waals surface area contributed by atoms with Crippen molar-refractivity contribution in [2.45, 2.75) is 26.0 Å². The van der Waals surface area contributed by atoms with Crippen molar-refractivity contribution in [1.82, 2.24) is 4.98 Å². The molecule has 0 spiro atoms. The van der Waals surface area contributed by atoms with E-state index < -0.39 is 0 Å². The van der Waals surface area contributed by atoms with Crippen molar-refractivity contribution in [3.63, 3.8) is 0 Å². The predicted molar refractivity (Wildman–Crippen MR) is 71.3 cm³/mol. The van der Waals surface area contributed by atoms with Gasteiger partial charge in [0.2, 0.25) is 0 Å². The van der Waals surface area contributed by atoms with Gasteiger partial charge in [-0.05, 0) is 26.0 Å². The molecule has 0 saturated carbocycles. The number of aromatic nitrogens is 1. The molecule has 2 atom stereocenters. The Morgan fingerprint density at radius 2 is 1.94 bits per heavy atom. The number of hydrogen-bond donors (Lipinski definition) is 1. The molecule has 1 heterocycles. The van der Waals surface area contributed by atoms with Gasteiger partial charge in [-0.1, -0.05) is 18.2 Å². The number of rotatable bonds is 4. The summed E-state index contributed by atoms with van der Waals surface area (Å²) >= 11 is 0. The Kier molecular flexibility index (Phi) is 3.59. The van der Waals surface area contributed by atoms with Gasteiger partial charge >= 0.3 is 0 Å². The van der Waals surface area contributed by atoms with Crippen molar-refractivity contribution >= 4 is 16.6 Å². The molecule has 1 N–H and O–H groups in total. The fourth-order valence-corrected chi connectivity index (χ4v) is 1.79. The summed E-state index contributed by atoms with van der Waals surface area (Å²) in [6.45, 7) is 4.16. The summed E-state index contributed by atoms with van der Waals surface area (Å²) in [6, 6.07) is 10.4. The van der Waals surface area contributed by atoms with Gasteiger partial charge in [0, 0.05) is 24.7 Å². The molecule has 3 nitrogen and oxygen atoms in total. The monoisotopic (exact) mass is 230 g/mol. The van der Waals surface area contributed by atoms with Gasteiger partial charge < -0.3 is 10.1 Å². The number of fused-ring (bicyclic) bond motifs is 1. The Labute approximate surface area is 102 Å². The summed E-state index contributed by atoms with van der Waals surface area (Å²) in [7, 11) is 1.73. The number of methoxy groups -OCH3 is 1. The van der Waals surface area contributed by atoms with Crippen LogP contribution in [0.1, 0.15) is 13.8 Å². The van der Waals surface area contributed by atoms with Crippen LogP contribution in [0.2, 0.25) is 0 Å². The molecule has 0 amide bonds. The van der Waals surface area contributed by atoms with Crippen LogP contribution in [-0.2, 0) is 4.74 Å². The fraction of sp³-hybridized carbons (Fsp3) is 0.357. The van der Waals surface area contributed by atoms with E-state index in [1.54, 1.807) is 7.11 Å². The molecular weight excluding hydrogens is 212 g/mol. The van der Waals surface area contributed by atoms with Crippen LogP contribution >= 0.6 is 0 Å². The quantitative estimate of drug-likeness (QED) is 0.876. The molecule has 90 valence electrons. The van der Waals surface area contributed by atoms with Crippen molar-refractivity contribution in [2.24, 2.45) is 0 Å². The first-order valence-corrected chi connectivity index (χ1v) is 5.85. The van der Waals surface area contributed by atoms with E-state index in [4.69, 9.17) is 4.74 Å². The van der Waals surface area contributed by atoms with Crippen molar-refractivity contribution < 1.29 is 4.74 Å². The van der Waals surface area contributed by atoms with Crippen LogP contribution in [0.25, 0.3) is 10.9 Å². The van der Waals surface area contributed by atoms with Gasteiger partial charge in [0.25, 0.3) is 0 Å².